The summed E-state index contributed by atoms with van der Waals surface area (Å²) in [6.45, 7) is 6.49. The van der Waals surface area contributed by atoms with Crippen molar-refractivity contribution in [2.45, 2.75) is 39.0 Å². The Bertz CT molecular complexity index is 534. The number of aromatic nitrogens is 3. The van der Waals surface area contributed by atoms with E-state index < -0.39 is 0 Å². The number of hydrogen-bond donors (Lipinski definition) is 2. The third-order valence-corrected chi connectivity index (χ3v) is 3.80. The second-order valence-corrected chi connectivity index (χ2v) is 5.81. The van der Waals surface area contributed by atoms with Crippen molar-refractivity contribution in [3.05, 3.63) is 11.6 Å². The van der Waals surface area contributed by atoms with Crippen molar-refractivity contribution < 1.29 is 14.2 Å². The van der Waals surface area contributed by atoms with E-state index in [2.05, 4.69) is 32.6 Å². The molecule has 142 valence electrons. The van der Waals surface area contributed by atoms with Gasteiger partial charge in [0.15, 0.2) is 11.8 Å². The van der Waals surface area contributed by atoms with Gasteiger partial charge in [0.05, 0.1) is 32.9 Å². The second-order valence-electron chi connectivity index (χ2n) is 5.81. The minimum absolute atomic E-state index is 0.275. The highest BCUT2D eigenvalue weighted by Crippen LogP contribution is 2.13. The second kappa shape index (κ2) is 11.0. The predicted octanol–water partition coefficient (Wildman–Crippen LogP) is -0.0426. The van der Waals surface area contributed by atoms with Gasteiger partial charge in [-0.05, 0) is 13.3 Å². The van der Waals surface area contributed by atoms with Gasteiger partial charge in [0.2, 0.25) is 0 Å². The summed E-state index contributed by atoms with van der Waals surface area (Å²) in [6.07, 6.45) is 1.90. The largest absolute Gasteiger partial charge is 0.382 e. The first kappa shape index (κ1) is 19.6. The first-order valence-electron chi connectivity index (χ1n) is 8.79. The summed E-state index contributed by atoms with van der Waals surface area (Å²) in [5, 5.41) is 11.3. The molecule has 0 spiro atoms. The zero-order valence-corrected chi connectivity index (χ0v) is 15.5. The lowest BCUT2D eigenvalue weighted by Crippen LogP contribution is -2.47. The molecule has 1 aromatic rings. The van der Waals surface area contributed by atoms with Crippen LogP contribution in [-0.2, 0) is 33.8 Å². The van der Waals surface area contributed by atoms with Crippen LogP contribution in [-0.4, -0.2) is 73.9 Å². The van der Waals surface area contributed by atoms with Gasteiger partial charge in [-0.25, -0.2) is 9.67 Å². The quantitative estimate of drug-likeness (QED) is 0.346. The first-order chi connectivity index (χ1) is 12.3. The average Bonchev–Trinajstić information content (AvgIpc) is 3.00. The van der Waals surface area contributed by atoms with Gasteiger partial charge in [-0.1, -0.05) is 0 Å². The van der Waals surface area contributed by atoms with Crippen LogP contribution in [0.4, 0.5) is 0 Å². The van der Waals surface area contributed by atoms with Crippen LogP contribution in [0.1, 0.15) is 25.0 Å². The maximum absolute atomic E-state index is 5.44. The maximum Gasteiger partial charge on any atom is 0.191 e. The van der Waals surface area contributed by atoms with Crippen molar-refractivity contribution in [3.63, 3.8) is 0 Å². The highest BCUT2D eigenvalue weighted by atomic mass is 16.5. The lowest BCUT2D eigenvalue weighted by Gasteiger charge is -2.25. The van der Waals surface area contributed by atoms with Crippen LogP contribution >= 0.6 is 0 Å². The van der Waals surface area contributed by atoms with Crippen molar-refractivity contribution in [2.24, 2.45) is 4.99 Å². The number of rotatable bonds is 10. The maximum atomic E-state index is 5.44. The molecule has 1 unspecified atom stereocenters. The van der Waals surface area contributed by atoms with Crippen molar-refractivity contribution >= 4 is 5.96 Å². The van der Waals surface area contributed by atoms with Gasteiger partial charge in [0, 0.05) is 33.2 Å². The molecular weight excluding hydrogens is 324 g/mol. The van der Waals surface area contributed by atoms with Crippen LogP contribution in [0.3, 0.4) is 0 Å². The summed E-state index contributed by atoms with van der Waals surface area (Å²) < 4.78 is 17.5. The van der Waals surface area contributed by atoms with Crippen molar-refractivity contribution in [3.8, 4) is 0 Å². The third-order valence-electron chi connectivity index (χ3n) is 3.80. The fraction of sp³-hybridized carbons (Fsp3) is 0.812. The number of ether oxygens (including phenoxy) is 3. The van der Waals surface area contributed by atoms with Crippen LogP contribution in [0, 0.1) is 0 Å². The number of fused-ring (bicyclic) bond motifs is 1. The van der Waals surface area contributed by atoms with Gasteiger partial charge in [-0.2, -0.15) is 5.10 Å². The molecule has 0 fully saturated rings. The average molecular weight is 354 g/mol. The Hall–Kier alpha value is -1.71. The smallest absolute Gasteiger partial charge is 0.191 e. The summed E-state index contributed by atoms with van der Waals surface area (Å²) in [7, 11) is 3.32. The molecule has 1 aliphatic rings. The Kier molecular flexibility index (Phi) is 8.64. The Labute approximate surface area is 149 Å². The van der Waals surface area contributed by atoms with E-state index >= 15 is 0 Å². The molecule has 1 atom stereocenters. The molecule has 25 heavy (non-hydrogen) atoms. The van der Waals surface area contributed by atoms with Gasteiger partial charge in [-0.15, -0.1) is 0 Å². The minimum Gasteiger partial charge on any atom is -0.382 e. The molecule has 0 aliphatic carbocycles. The highest BCUT2D eigenvalue weighted by Gasteiger charge is 2.22. The number of hydrogen-bond acceptors (Lipinski definition) is 6. The fourth-order valence-electron chi connectivity index (χ4n) is 2.65. The fourth-order valence-corrected chi connectivity index (χ4v) is 2.65. The van der Waals surface area contributed by atoms with Crippen LogP contribution < -0.4 is 10.6 Å². The normalized spacial score (nSPS) is 17.4. The number of aryl methyl sites for hydroxylation is 1. The summed E-state index contributed by atoms with van der Waals surface area (Å²) in [4.78, 5) is 9.06. The Morgan fingerprint density at radius 1 is 1.28 bits per heavy atom. The minimum atomic E-state index is 0.275. The monoisotopic (exact) mass is 354 g/mol. The highest BCUT2D eigenvalue weighted by molar-refractivity contribution is 5.80. The molecular formula is C16H30N6O3. The van der Waals surface area contributed by atoms with Gasteiger partial charge >= 0.3 is 0 Å². The molecule has 2 N–H and O–H groups in total. The number of nitrogens with one attached hydrogen (secondary N) is 2. The Balaban J connectivity index is 1.82. The summed E-state index contributed by atoms with van der Waals surface area (Å²) in [5.41, 5.74) is 0. The molecule has 0 radical (unpaired) electrons. The molecule has 0 saturated carbocycles. The molecule has 1 aromatic heterocycles. The van der Waals surface area contributed by atoms with E-state index in [1.807, 2.05) is 4.68 Å². The van der Waals surface area contributed by atoms with Crippen molar-refractivity contribution in [1.29, 1.82) is 0 Å². The summed E-state index contributed by atoms with van der Waals surface area (Å²) >= 11 is 0. The topological polar surface area (TPSA) is 94.8 Å². The summed E-state index contributed by atoms with van der Waals surface area (Å²) in [6, 6.07) is 0.275. The molecule has 2 heterocycles. The van der Waals surface area contributed by atoms with E-state index in [0.29, 0.717) is 33.0 Å². The lowest BCUT2D eigenvalue weighted by molar-refractivity contribution is 0.0748. The lowest BCUT2D eigenvalue weighted by atomic mass is 10.1. The molecule has 0 saturated heterocycles. The van der Waals surface area contributed by atoms with Crippen molar-refractivity contribution in [1.82, 2.24) is 25.4 Å². The first-order valence-corrected chi connectivity index (χ1v) is 8.79. The zero-order valence-electron chi connectivity index (χ0n) is 15.5. The molecule has 0 amide bonds. The van der Waals surface area contributed by atoms with Crippen LogP contribution in [0.2, 0.25) is 0 Å². The molecule has 9 heteroatoms. The van der Waals surface area contributed by atoms with E-state index in [4.69, 9.17) is 14.2 Å². The Morgan fingerprint density at radius 3 is 2.92 bits per heavy atom. The standard InChI is InChI=1S/C16H30N6O3/c1-4-17-16(18-7-8-25-10-9-23-2)19-13-5-6-15-20-14(12-24-3)21-22(15)11-13/h13H,4-12H2,1-3H3,(H2,17,18,19). The van der Waals surface area contributed by atoms with Crippen LogP contribution in [0.15, 0.2) is 4.99 Å². The molecule has 1 aliphatic heterocycles. The van der Waals surface area contributed by atoms with Gasteiger partial charge in [-0.3, -0.25) is 4.99 Å². The molecule has 2 rings (SSSR count). The van der Waals surface area contributed by atoms with Crippen molar-refractivity contribution in [2.75, 3.05) is 47.1 Å². The van der Waals surface area contributed by atoms with E-state index in [1.165, 1.54) is 0 Å². The van der Waals surface area contributed by atoms with E-state index in [1.54, 1.807) is 14.2 Å². The van der Waals surface area contributed by atoms with Crippen LogP contribution in [0.25, 0.3) is 0 Å². The molecule has 0 bridgehead atoms. The number of nitrogens with zero attached hydrogens (tertiary/aromatic N) is 4. The van der Waals surface area contributed by atoms with E-state index in [0.717, 1.165) is 43.5 Å². The Morgan fingerprint density at radius 2 is 2.16 bits per heavy atom. The third kappa shape index (κ3) is 6.60. The van der Waals surface area contributed by atoms with Crippen LogP contribution in [0.5, 0.6) is 0 Å². The van der Waals surface area contributed by atoms with Gasteiger partial charge < -0.3 is 24.8 Å². The number of guanidine groups is 1. The zero-order chi connectivity index (χ0) is 17.9. The van der Waals surface area contributed by atoms with Gasteiger partial charge in [0.25, 0.3) is 0 Å². The molecule has 9 nitrogen and oxygen atoms in total. The number of aliphatic imine (C=N–C) groups is 1. The van der Waals surface area contributed by atoms with E-state index in [9.17, 15) is 0 Å². The summed E-state index contributed by atoms with van der Waals surface area (Å²) in [5.74, 6) is 2.58. The molecule has 0 aromatic carbocycles. The van der Waals surface area contributed by atoms with Gasteiger partial charge in [0.1, 0.15) is 12.4 Å². The number of methoxy groups -OCH3 is 2. The van der Waals surface area contributed by atoms with E-state index in [-0.39, 0.29) is 6.04 Å². The predicted molar refractivity (Wildman–Crippen MR) is 94.7 cm³/mol. The SMILES string of the molecule is CCNC(=NCCOCCOC)NC1CCc2nc(COC)nn2C1.